The lowest BCUT2D eigenvalue weighted by molar-refractivity contribution is 0.686. The Morgan fingerprint density at radius 2 is 1.86 bits per heavy atom. The van der Waals surface area contributed by atoms with Crippen LogP contribution in [0.1, 0.15) is 11.1 Å². The molecule has 0 radical (unpaired) electrons. The van der Waals surface area contributed by atoms with Crippen LogP contribution in [0, 0.1) is 0 Å². The third kappa shape index (κ3) is 3.77. The van der Waals surface area contributed by atoms with Crippen molar-refractivity contribution in [1.29, 1.82) is 0 Å². The zero-order valence-corrected chi connectivity index (χ0v) is 11.8. The monoisotopic (exact) mass is 278 g/mol. The minimum Gasteiger partial charge on any atom is -0.312 e. The summed E-state index contributed by atoms with van der Waals surface area (Å²) in [5, 5.41) is 3.46. The fraction of sp³-hybridized carbons (Fsp3) is 0.176. The summed E-state index contributed by atoms with van der Waals surface area (Å²) in [6.45, 7) is 1.83. The molecule has 0 unspecified atom stereocenters. The molecule has 0 aliphatic heterocycles. The second-order valence-electron chi connectivity index (χ2n) is 4.92. The van der Waals surface area contributed by atoms with Crippen molar-refractivity contribution in [3.05, 3.63) is 78.6 Å². The lowest BCUT2D eigenvalue weighted by atomic mass is 10.2. The normalized spacial score (nSPS) is 10.7. The Hall–Kier alpha value is -2.46. The number of hydrogen-bond donors (Lipinski definition) is 1. The molecule has 106 valence electrons. The quantitative estimate of drug-likeness (QED) is 0.705. The molecule has 1 N–H and O–H groups in total. The predicted octanol–water partition coefficient (Wildman–Crippen LogP) is 2.60. The highest BCUT2D eigenvalue weighted by Gasteiger charge is 1.97. The van der Waals surface area contributed by atoms with Crippen molar-refractivity contribution < 1.29 is 0 Å². The number of rotatable bonds is 6. The van der Waals surface area contributed by atoms with Crippen LogP contribution in [0.2, 0.25) is 0 Å². The molecule has 21 heavy (non-hydrogen) atoms. The summed E-state index contributed by atoms with van der Waals surface area (Å²) in [5.74, 6) is 0. The van der Waals surface area contributed by atoms with Gasteiger partial charge in [0, 0.05) is 37.0 Å². The van der Waals surface area contributed by atoms with E-state index in [-0.39, 0.29) is 0 Å². The highest BCUT2D eigenvalue weighted by Crippen LogP contribution is 2.09. The van der Waals surface area contributed by atoms with Crippen LogP contribution in [0.5, 0.6) is 0 Å². The zero-order valence-electron chi connectivity index (χ0n) is 11.8. The maximum Gasteiger partial charge on any atom is 0.0991 e. The van der Waals surface area contributed by atoms with E-state index in [1.54, 1.807) is 18.7 Å². The molecule has 0 atom stereocenters. The molecule has 0 amide bonds. The third-order valence-electron chi connectivity index (χ3n) is 3.38. The fourth-order valence-corrected chi connectivity index (χ4v) is 2.21. The topological polar surface area (TPSA) is 42.7 Å². The first-order valence-electron chi connectivity index (χ1n) is 7.09. The summed E-state index contributed by atoms with van der Waals surface area (Å²) in [4.78, 5) is 8.18. The van der Waals surface area contributed by atoms with E-state index in [0.29, 0.717) is 0 Å². The second-order valence-corrected chi connectivity index (χ2v) is 4.92. The van der Waals surface area contributed by atoms with E-state index in [0.717, 1.165) is 25.2 Å². The van der Waals surface area contributed by atoms with Gasteiger partial charge < -0.3 is 9.88 Å². The van der Waals surface area contributed by atoms with Crippen LogP contribution < -0.4 is 5.32 Å². The molecule has 0 aliphatic carbocycles. The number of aromatic nitrogens is 3. The van der Waals surface area contributed by atoms with Gasteiger partial charge in [-0.1, -0.05) is 18.2 Å². The first kappa shape index (κ1) is 13.5. The smallest absolute Gasteiger partial charge is 0.0991 e. The number of hydrogen-bond acceptors (Lipinski definition) is 3. The van der Waals surface area contributed by atoms with Crippen molar-refractivity contribution in [3.8, 4) is 5.69 Å². The summed E-state index contributed by atoms with van der Waals surface area (Å²) < 4.78 is 2.00. The van der Waals surface area contributed by atoms with Gasteiger partial charge in [0.15, 0.2) is 0 Å². The Labute approximate surface area is 124 Å². The molecule has 3 rings (SSSR count). The lowest BCUT2D eigenvalue weighted by Crippen LogP contribution is -2.16. The number of nitrogens with zero attached hydrogens (tertiary/aromatic N) is 3. The maximum absolute atomic E-state index is 4.12. The minimum absolute atomic E-state index is 0.879. The van der Waals surface area contributed by atoms with Gasteiger partial charge in [-0.15, -0.1) is 0 Å². The summed E-state index contributed by atoms with van der Waals surface area (Å²) >= 11 is 0. The molecular formula is C17H18N4. The van der Waals surface area contributed by atoms with E-state index in [9.17, 15) is 0 Å². The Morgan fingerprint density at radius 3 is 2.57 bits per heavy atom. The van der Waals surface area contributed by atoms with Crippen LogP contribution in [0.25, 0.3) is 5.69 Å². The van der Waals surface area contributed by atoms with Gasteiger partial charge in [0.2, 0.25) is 0 Å². The molecule has 2 aromatic heterocycles. The fourth-order valence-electron chi connectivity index (χ4n) is 2.21. The third-order valence-corrected chi connectivity index (χ3v) is 3.38. The molecular weight excluding hydrogens is 260 g/mol. The van der Waals surface area contributed by atoms with Crippen LogP contribution in [0.15, 0.2) is 67.5 Å². The molecule has 2 heterocycles. The molecule has 0 fully saturated rings. The molecule has 0 bridgehead atoms. The first-order chi connectivity index (χ1) is 10.4. The molecule has 4 heteroatoms. The van der Waals surface area contributed by atoms with E-state index >= 15 is 0 Å². The Kier molecular flexibility index (Phi) is 4.39. The highest BCUT2D eigenvalue weighted by atomic mass is 15.0. The second kappa shape index (κ2) is 6.81. The highest BCUT2D eigenvalue weighted by molar-refractivity contribution is 5.34. The average Bonchev–Trinajstić information content (AvgIpc) is 3.08. The maximum atomic E-state index is 4.12. The van der Waals surface area contributed by atoms with Gasteiger partial charge in [-0.25, -0.2) is 4.98 Å². The number of imidazole rings is 1. The van der Waals surface area contributed by atoms with E-state index in [2.05, 4.69) is 45.6 Å². The minimum atomic E-state index is 0.879. The van der Waals surface area contributed by atoms with Crippen LogP contribution in [-0.2, 0) is 13.0 Å². The Balaban J connectivity index is 1.47. The zero-order chi connectivity index (χ0) is 14.3. The van der Waals surface area contributed by atoms with E-state index < -0.39 is 0 Å². The van der Waals surface area contributed by atoms with Gasteiger partial charge in [-0.3, -0.25) is 4.98 Å². The SMILES string of the molecule is c1cncc(CCNCc2ccc(-n3ccnc3)cc2)c1. The Morgan fingerprint density at radius 1 is 0.952 bits per heavy atom. The van der Waals surface area contributed by atoms with Crippen molar-refractivity contribution >= 4 is 0 Å². The predicted molar refractivity (Wildman–Crippen MR) is 83.2 cm³/mol. The van der Waals surface area contributed by atoms with Crippen LogP contribution in [-0.4, -0.2) is 21.1 Å². The van der Waals surface area contributed by atoms with Crippen molar-refractivity contribution in [1.82, 2.24) is 19.9 Å². The van der Waals surface area contributed by atoms with Gasteiger partial charge in [0.25, 0.3) is 0 Å². The first-order valence-corrected chi connectivity index (χ1v) is 7.09. The van der Waals surface area contributed by atoms with Crippen molar-refractivity contribution in [2.45, 2.75) is 13.0 Å². The summed E-state index contributed by atoms with van der Waals surface area (Å²) in [6, 6.07) is 12.6. The summed E-state index contributed by atoms with van der Waals surface area (Å²) in [6.07, 6.45) is 10.3. The molecule has 0 aliphatic rings. The van der Waals surface area contributed by atoms with Gasteiger partial charge >= 0.3 is 0 Å². The number of benzene rings is 1. The van der Waals surface area contributed by atoms with Crippen molar-refractivity contribution in [3.63, 3.8) is 0 Å². The largest absolute Gasteiger partial charge is 0.312 e. The van der Waals surface area contributed by atoms with Gasteiger partial charge in [0.05, 0.1) is 6.33 Å². The van der Waals surface area contributed by atoms with E-state index in [1.165, 1.54) is 11.1 Å². The lowest BCUT2D eigenvalue weighted by Gasteiger charge is -2.07. The van der Waals surface area contributed by atoms with Gasteiger partial charge in [-0.05, 0) is 42.3 Å². The molecule has 0 saturated carbocycles. The summed E-state index contributed by atoms with van der Waals surface area (Å²) in [7, 11) is 0. The van der Waals surface area contributed by atoms with E-state index in [4.69, 9.17) is 0 Å². The number of nitrogens with one attached hydrogen (secondary N) is 1. The molecule has 1 aromatic carbocycles. The van der Waals surface area contributed by atoms with Gasteiger partial charge in [-0.2, -0.15) is 0 Å². The average molecular weight is 278 g/mol. The summed E-state index contributed by atoms with van der Waals surface area (Å²) in [5.41, 5.74) is 3.68. The molecule has 3 aromatic rings. The van der Waals surface area contributed by atoms with Crippen LogP contribution in [0.4, 0.5) is 0 Å². The molecule has 4 nitrogen and oxygen atoms in total. The van der Waals surface area contributed by atoms with Crippen molar-refractivity contribution in [2.75, 3.05) is 6.54 Å². The molecule has 0 spiro atoms. The number of pyridine rings is 1. The van der Waals surface area contributed by atoms with Gasteiger partial charge in [0.1, 0.15) is 0 Å². The van der Waals surface area contributed by atoms with Crippen molar-refractivity contribution in [2.24, 2.45) is 0 Å². The van der Waals surface area contributed by atoms with Crippen LogP contribution >= 0.6 is 0 Å². The van der Waals surface area contributed by atoms with E-state index in [1.807, 2.05) is 23.0 Å². The Bertz CT molecular complexity index is 645. The van der Waals surface area contributed by atoms with Crippen LogP contribution in [0.3, 0.4) is 0 Å². The molecule has 0 saturated heterocycles. The standard InChI is InChI=1S/C17H18N4/c1-2-15(12-18-8-1)7-9-19-13-16-3-5-17(6-4-16)21-11-10-20-14-21/h1-6,8,10-12,14,19H,7,9,13H2.